The lowest BCUT2D eigenvalue weighted by atomic mass is 10.1. The normalized spacial score (nSPS) is 15.5. The van der Waals surface area contributed by atoms with E-state index in [1.54, 1.807) is 25.3 Å². The SMILES string of the molecule is CCOc1cc(C=C2SC(=Nc3cccc(C(=O)O)c3)N(C)C2=O)cc(I)c1OCc1ccc(Cl)cc1. The van der Waals surface area contributed by atoms with Gasteiger partial charge in [-0.05, 0) is 101 Å². The van der Waals surface area contributed by atoms with Crippen molar-refractivity contribution in [2.24, 2.45) is 4.99 Å². The van der Waals surface area contributed by atoms with Crippen LogP contribution in [0, 0.1) is 3.57 Å². The van der Waals surface area contributed by atoms with Crippen molar-refractivity contribution in [1.82, 2.24) is 4.90 Å². The summed E-state index contributed by atoms with van der Waals surface area (Å²) in [5.41, 5.74) is 2.35. The van der Waals surface area contributed by atoms with Crippen molar-refractivity contribution in [1.29, 1.82) is 0 Å². The number of carboxylic acids is 1. The fraction of sp³-hybridized carbons (Fsp3) is 0.148. The molecule has 0 bridgehead atoms. The molecule has 0 atom stereocenters. The van der Waals surface area contributed by atoms with Crippen LogP contribution in [0.25, 0.3) is 6.08 Å². The fourth-order valence-corrected chi connectivity index (χ4v) is 5.33. The lowest BCUT2D eigenvalue weighted by molar-refractivity contribution is -0.121. The van der Waals surface area contributed by atoms with Gasteiger partial charge in [-0.2, -0.15) is 0 Å². The molecule has 3 aromatic carbocycles. The van der Waals surface area contributed by atoms with Crippen LogP contribution in [-0.2, 0) is 11.4 Å². The molecular weight excluding hydrogens is 627 g/mol. The third kappa shape index (κ3) is 6.65. The Hall–Kier alpha value is -3.02. The summed E-state index contributed by atoms with van der Waals surface area (Å²) < 4.78 is 12.8. The zero-order chi connectivity index (χ0) is 26.5. The summed E-state index contributed by atoms with van der Waals surface area (Å²) >= 11 is 9.39. The molecule has 4 rings (SSSR count). The van der Waals surface area contributed by atoms with Gasteiger partial charge in [-0.25, -0.2) is 9.79 Å². The summed E-state index contributed by atoms with van der Waals surface area (Å²) in [7, 11) is 1.64. The van der Waals surface area contributed by atoms with E-state index < -0.39 is 5.97 Å². The summed E-state index contributed by atoms with van der Waals surface area (Å²) in [6.07, 6.45) is 1.79. The first-order valence-electron chi connectivity index (χ1n) is 11.2. The molecule has 0 saturated carbocycles. The lowest BCUT2D eigenvalue weighted by Gasteiger charge is -2.15. The van der Waals surface area contributed by atoms with E-state index >= 15 is 0 Å². The first kappa shape index (κ1) is 27.0. The molecule has 3 aromatic rings. The molecule has 1 heterocycles. The van der Waals surface area contributed by atoms with E-state index in [1.165, 1.54) is 28.8 Å². The van der Waals surface area contributed by atoms with E-state index in [-0.39, 0.29) is 11.5 Å². The van der Waals surface area contributed by atoms with Crippen LogP contribution < -0.4 is 9.47 Å². The van der Waals surface area contributed by atoms with Gasteiger partial charge in [0, 0.05) is 12.1 Å². The van der Waals surface area contributed by atoms with Crippen LogP contribution in [0.2, 0.25) is 5.02 Å². The highest BCUT2D eigenvalue weighted by molar-refractivity contribution is 14.1. The van der Waals surface area contributed by atoms with Gasteiger partial charge in [-0.1, -0.05) is 29.8 Å². The molecule has 7 nitrogen and oxygen atoms in total. The molecule has 1 saturated heterocycles. The van der Waals surface area contributed by atoms with Crippen LogP contribution in [-0.4, -0.2) is 40.7 Å². The minimum atomic E-state index is -1.04. The first-order valence-corrected chi connectivity index (χ1v) is 13.5. The molecule has 0 aromatic heterocycles. The van der Waals surface area contributed by atoms with Gasteiger partial charge < -0.3 is 14.6 Å². The largest absolute Gasteiger partial charge is 0.490 e. The number of carboxylic acid groups (broad SMARTS) is 1. The third-order valence-electron chi connectivity index (χ3n) is 5.25. The fourth-order valence-electron chi connectivity index (χ4n) is 3.43. The molecule has 0 unspecified atom stereocenters. The number of hydrogen-bond acceptors (Lipinski definition) is 6. The Balaban J connectivity index is 1.59. The number of hydrogen-bond donors (Lipinski definition) is 1. The van der Waals surface area contributed by atoms with Crippen molar-refractivity contribution in [3.05, 3.63) is 90.9 Å². The third-order valence-corrected chi connectivity index (χ3v) is 7.36. The number of carbonyl (C=O) groups excluding carboxylic acids is 1. The minimum Gasteiger partial charge on any atom is -0.490 e. The van der Waals surface area contributed by atoms with E-state index in [1.807, 2.05) is 43.3 Å². The molecular formula is C27H22ClIN2O5S. The number of rotatable bonds is 8. The Kier molecular flexibility index (Phi) is 8.78. The summed E-state index contributed by atoms with van der Waals surface area (Å²) in [5.74, 6) is -0.0263. The number of carbonyl (C=O) groups is 2. The van der Waals surface area contributed by atoms with Crippen molar-refractivity contribution in [3.63, 3.8) is 0 Å². The summed E-state index contributed by atoms with van der Waals surface area (Å²) in [5, 5.41) is 10.3. The minimum absolute atomic E-state index is 0.131. The topological polar surface area (TPSA) is 88.4 Å². The number of nitrogens with zero attached hydrogens (tertiary/aromatic N) is 2. The molecule has 1 N–H and O–H groups in total. The molecule has 37 heavy (non-hydrogen) atoms. The highest BCUT2D eigenvalue weighted by atomic mass is 127. The van der Waals surface area contributed by atoms with Crippen LogP contribution in [0.1, 0.15) is 28.4 Å². The molecule has 0 spiro atoms. The second kappa shape index (κ2) is 12.0. The van der Waals surface area contributed by atoms with Gasteiger partial charge in [-0.3, -0.25) is 9.69 Å². The zero-order valence-electron chi connectivity index (χ0n) is 19.9. The quantitative estimate of drug-likeness (QED) is 0.212. The van der Waals surface area contributed by atoms with Crippen molar-refractivity contribution in [2.45, 2.75) is 13.5 Å². The molecule has 1 fully saturated rings. The first-order chi connectivity index (χ1) is 17.7. The summed E-state index contributed by atoms with van der Waals surface area (Å²) in [4.78, 5) is 30.6. The molecule has 1 amide bonds. The number of amidine groups is 1. The molecule has 0 aliphatic carbocycles. The molecule has 10 heteroatoms. The van der Waals surface area contributed by atoms with E-state index in [0.717, 1.165) is 14.7 Å². The Morgan fingerprint density at radius 1 is 1.16 bits per heavy atom. The smallest absolute Gasteiger partial charge is 0.335 e. The second-order valence-corrected chi connectivity index (χ2v) is 10.5. The van der Waals surface area contributed by atoms with E-state index in [0.29, 0.717) is 45.5 Å². The van der Waals surface area contributed by atoms with E-state index in [9.17, 15) is 14.7 Å². The average Bonchev–Trinajstić information content (AvgIpc) is 3.12. The van der Waals surface area contributed by atoms with Crippen LogP contribution in [0.5, 0.6) is 11.5 Å². The van der Waals surface area contributed by atoms with E-state index in [2.05, 4.69) is 27.6 Å². The molecule has 1 aliphatic heterocycles. The van der Waals surface area contributed by atoms with Gasteiger partial charge in [0.2, 0.25) is 0 Å². The Morgan fingerprint density at radius 3 is 2.62 bits per heavy atom. The van der Waals surface area contributed by atoms with Crippen molar-refractivity contribution < 1.29 is 24.2 Å². The maximum absolute atomic E-state index is 12.9. The van der Waals surface area contributed by atoms with Crippen LogP contribution in [0.15, 0.2) is 70.6 Å². The number of thioether (sulfide) groups is 1. The number of likely N-dealkylation sites (N-methyl/N-ethyl adjacent to an activating group) is 1. The summed E-state index contributed by atoms with van der Waals surface area (Å²) in [6, 6.07) is 17.5. The van der Waals surface area contributed by atoms with Gasteiger partial charge >= 0.3 is 5.97 Å². The monoisotopic (exact) mass is 648 g/mol. The van der Waals surface area contributed by atoms with Crippen LogP contribution in [0.3, 0.4) is 0 Å². The molecule has 1 aliphatic rings. The predicted molar refractivity (Wildman–Crippen MR) is 155 cm³/mol. The number of benzene rings is 3. The highest BCUT2D eigenvalue weighted by Gasteiger charge is 2.30. The maximum Gasteiger partial charge on any atom is 0.335 e. The Bertz CT molecular complexity index is 1410. The number of halogens is 2. The standard InChI is InChI=1S/C27H22ClIN2O5S/c1-3-35-22-12-17(11-21(29)24(22)36-15-16-7-9-19(28)10-8-16)13-23-25(32)31(2)27(37-23)30-20-6-4-5-18(14-20)26(33)34/h4-14H,3,15H2,1-2H3,(H,33,34). The Morgan fingerprint density at radius 2 is 1.92 bits per heavy atom. The van der Waals surface area contributed by atoms with Gasteiger partial charge in [0.1, 0.15) is 6.61 Å². The second-order valence-electron chi connectivity index (χ2n) is 7.90. The van der Waals surface area contributed by atoms with Gasteiger partial charge in [0.15, 0.2) is 16.7 Å². The number of aromatic carboxylic acids is 1. The lowest BCUT2D eigenvalue weighted by Crippen LogP contribution is -2.23. The predicted octanol–water partition coefficient (Wildman–Crippen LogP) is 6.85. The maximum atomic E-state index is 12.9. The molecule has 0 radical (unpaired) electrons. The van der Waals surface area contributed by atoms with Gasteiger partial charge in [-0.15, -0.1) is 0 Å². The van der Waals surface area contributed by atoms with E-state index in [4.69, 9.17) is 21.1 Å². The zero-order valence-corrected chi connectivity index (χ0v) is 23.6. The van der Waals surface area contributed by atoms with Crippen LogP contribution >= 0.6 is 46.0 Å². The van der Waals surface area contributed by atoms with Crippen molar-refractivity contribution in [2.75, 3.05) is 13.7 Å². The van der Waals surface area contributed by atoms with Gasteiger partial charge in [0.05, 0.1) is 26.3 Å². The number of aliphatic imine (C=N–C) groups is 1. The number of amides is 1. The Labute approximate surface area is 237 Å². The van der Waals surface area contributed by atoms with Crippen molar-refractivity contribution in [3.8, 4) is 11.5 Å². The van der Waals surface area contributed by atoms with Crippen LogP contribution in [0.4, 0.5) is 5.69 Å². The van der Waals surface area contributed by atoms with Crippen molar-refractivity contribution >= 4 is 74.8 Å². The van der Waals surface area contributed by atoms with Gasteiger partial charge in [0.25, 0.3) is 5.91 Å². The summed E-state index contributed by atoms with van der Waals surface area (Å²) in [6.45, 7) is 2.71. The number of ether oxygens (including phenoxy) is 2. The average molecular weight is 649 g/mol. The molecule has 190 valence electrons. The highest BCUT2D eigenvalue weighted by Crippen LogP contribution is 2.38.